The summed E-state index contributed by atoms with van der Waals surface area (Å²) in [5, 5.41) is 0. The molecule has 2 heterocycles. The molecule has 0 unspecified atom stereocenters. The fourth-order valence-corrected chi connectivity index (χ4v) is 2.85. The van der Waals surface area contributed by atoms with Crippen molar-refractivity contribution in [2.45, 2.75) is 20.4 Å². The van der Waals surface area contributed by atoms with Crippen molar-refractivity contribution in [1.29, 1.82) is 0 Å². The molecule has 4 aromatic rings. The molecule has 5 heteroatoms. The number of nitrogens with zero attached hydrogens (tertiary/aromatic N) is 2. The van der Waals surface area contributed by atoms with Crippen molar-refractivity contribution in [2.24, 2.45) is 0 Å². The monoisotopic (exact) mass is 412 g/mol. The molecule has 0 saturated heterocycles. The zero-order valence-electron chi connectivity index (χ0n) is 14.5. The molecule has 0 fully saturated rings. The van der Waals surface area contributed by atoms with Crippen LogP contribution in [0.4, 0.5) is 4.39 Å². The van der Waals surface area contributed by atoms with Gasteiger partial charge in [-0.05, 0) is 67.4 Å². The van der Waals surface area contributed by atoms with E-state index in [0.29, 0.717) is 12.4 Å². The molecule has 0 bridgehead atoms. The van der Waals surface area contributed by atoms with Gasteiger partial charge >= 0.3 is 0 Å². The van der Waals surface area contributed by atoms with Gasteiger partial charge in [0.25, 0.3) is 0 Å². The van der Waals surface area contributed by atoms with Crippen molar-refractivity contribution in [3.05, 3.63) is 83.4 Å². The van der Waals surface area contributed by atoms with Crippen LogP contribution >= 0.6 is 0 Å². The number of hydrogen-bond donors (Lipinski definition) is 0. The summed E-state index contributed by atoms with van der Waals surface area (Å²) >= 11 is 0. The molecule has 132 valence electrons. The van der Waals surface area contributed by atoms with Crippen LogP contribution in [0, 0.1) is 19.7 Å². The summed E-state index contributed by atoms with van der Waals surface area (Å²) in [6.45, 7) is 4.80. The second-order valence-electron chi connectivity index (χ2n) is 6.31. The van der Waals surface area contributed by atoms with Crippen LogP contribution in [0.2, 0.25) is 0 Å². The number of hydrogen-bond acceptors (Lipinski definition) is 2. The number of halogens is 2. The number of pyridine rings is 1. The lowest BCUT2D eigenvalue weighted by Crippen LogP contribution is -3.00. The molecule has 0 aliphatic heterocycles. The van der Waals surface area contributed by atoms with Crippen LogP contribution in [0.25, 0.3) is 22.6 Å². The van der Waals surface area contributed by atoms with Crippen molar-refractivity contribution in [3.8, 4) is 11.5 Å². The topological polar surface area (TPSA) is 29.9 Å². The normalized spacial score (nSPS) is 10.7. The van der Waals surface area contributed by atoms with Crippen molar-refractivity contribution in [2.75, 3.05) is 0 Å². The van der Waals surface area contributed by atoms with Gasteiger partial charge in [0.2, 0.25) is 5.89 Å². The van der Waals surface area contributed by atoms with Gasteiger partial charge in [0.1, 0.15) is 16.9 Å². The third-order valence-electron chi connectivity index (χ3n) is 4.39. The van der Waals surface area contributed by atoms with Crippen LogP contribution in [-0.4, -0.2) is 4.98 Å². The number of benzene rings is 2. The largest absolute Gasteiger partial charge is 1.00 e. The van der Waals surface area contributed by atoms with Crippen LogP contribution in [0.1, 0.15) is 16.7 Å². The van der Waals surface area contributed by atoms with E-state index >= 15 is 0 Å². The Kier molecular flexibility index (Phi) is 5.18. The summed E-state index contributed by atoms with van der Waals surface area (Å²) in [7, 11) is 0. The van der Waals surface area contributed by atoms with Crippen LogP contribution in [0.3, 0.4) is 0 Å². The molecular formula is C21H18BrFN2O. The van der Waals surface area contributed by atoms with E-state index in [4.69, 9.17) is 4.42 Å². The minimum Gasteiger partial charge on any atom is -1.00 e. The van der Waals surface area contributed by atoms with E-state index in [1.165, 1.54) is 23.3 Å². The Hall–Kier alpha value is -2.53. The third-order valence-corrected chi connectivity index (χ3v) is 4.39. The molecule has 2 aromatic carbocycles. The second-order valence-corrected chi connectivity index (χ2v) is 6.31. The van der Waals surface area contributed by atoms with Crippen molar-refractivity contribution in [3.63, 3.8) is 0 Å². The van der Waals surface area contributed by atoms with Crippen molar-refractivity contribution in [1.82, 2.24) is 4.98 Å². The molecule has 0 spiro atoms. The van der Waals surface area contributed by atoms with Crippen LogP contribution in [0.5, 0.6) is 0 Å². The van der Waals surface area contributed by atoms with Gasteiger partial charge in [-0.1, -0.05) is 0 Å². The molecule has 0 radical (unpaired) electrons. The average Bonchev–Trinajstić information content (AvgIpc) is 3.00. The van der Waals surface area contributed by atoms with E-state index in [-0.39, 0.29) is 22.8 Å². The Morgan fingerprint density at radius 1 is 1.04 bits per heavy atom. The highest BCUT2D eigenvalue weighted by Gasteiger charge is 2.13. The van der Waals surface area contributed by atoms with Gasteiger partial charge in [-0.25, -0.2) is 9.37 Å². The molecule has 0 saturated carbocycles. The molecule has 0 atom stereocenters. The molecule has 4 rings (SSSR count). The van der Waals surface area contributed by atoms with E-state index in [0.717, 1.165) is 22.2 Å². The van der Waals surface area contributed by atoms with E-state index < -0.39 is 0 Å². The van der Waals surface area contributed by atoms with E-state index in [1.807, 2.05) is 41.2 Å². The minimum absolute atomic E-state index is 0. The number of rotatable bonds is 3. The van der Waals surface area contributed by atoms with Gasteiger partial charge < -0.3 is 21.4 Å². The molecule has 0 amide bonds. The zero-order chi connectivity index (χ0) is 17.4. The Labute approximate surface area is 161 Å². The SMILES string of the molecule is Cc1cc2nc(-c3ccc[n+](Cc4ccc(F)cc4)c3)oc2cc1C.[Br-]. The van der Waals surface area contributed by atoms with Gasteiger partial charge in [0, 0.05) is 11.6 Å². The molecule has 0 aliphatic rings. The molecule has 2 aromatic heterocycles. The van der Waals surface area contributed by atoms with Crippen LogP contribution in [-0.2, 0) is 6.54 Å². The Morgan fingerprint density at radius 3 is 2.54 bits per heavy atom. The van der Waals surface area contributed by atoms with Gasteiger partial charge in [-0.2, -0.15) is 4.57 Å². The fourth-order valence-electron chi connectivity index (χ4n) is 2.85. The van der Waals surface area contributed by atoms with Gasteiger partial charge in [-0.3, -0.25) is 0 Å². The lowest BCUT2D eigenvalue weighted by Gasteiger charge is -1.99. The standard InChI is InChI=1S/C21H18FN2O.BrH/c1-14-10-19-20(11-15(14)2)25-21(23-19)17-4-3-9-24(13-17)12-16-5-7-18(22)8-6-16;/h3-11,13H,12H2,1-2H3;1H/q+1;/p-1. The summed E-state index contributed by atoms with van der Waals surface area (Å²) in [5.74, 6) is 0.382. The first-order chi connectivity index (χ1) is 12.1. The molecular weight excluding hydrogens is 395 g/mol. The zero-order valence-corrected chi connectivity index (χ0v) is 16.1. The highest BCUT2D eigenvalue weighted by Crippen LogP contribution is 2.25. The highest BCUT2D eigenvalue weighted by molar-refractivity contribution is 5.77. The number of aromatic nitrogens is 2. The fraction of sp³-hybridized carbons (Fsp3) is 0.143. The van der Waals surface area contributed by atoms with Crippen molar-refractivity contribution < 1.29 is 30.4 Å². The van der Waals surface area contributed by atoms with Crippen LogP contribution in [0.15, 0.2) is 65.3 Å². The Morgan fingerprint density at radius 2 is 1.77 bits per heavy atom. The van der Waals surface area contributed by atoms with E-state index in [1.54, 1.807) is 12.1 Å². The quantitative estimate of drug-likeness (QED) is 0.478. The van der Waals surface area contributed by atoms with Gasteiger partial charge in [-0.15, -0.1) is 0 Å². The van der Waals surface area contributed by atoms with E-state index in [9.17, 15) is 4.39 Å². The molecule has 26 heavy (non-hydrogen) atoms. The maximum atomic E-state index is 13.0. The lowest BCUT2D eigenvalue weighted by molar-refractivity contribution is -0.687. The Balaban J connectivity index is 0.00000196. The maximum absolute atomic E-state index is 13.0. The number of oxazole rings is 1. The number of aryl methyl sites for hydroxylation is 2. The van der Waals surface area contributed by atoms with Gasteiger partial charge in [0.15, 0.2) is 24.5 Å². The maximum Gasteiger partial charge on any atom is 0.233 e. The second kappa shape index (κ2) is 7.38. The first kappa shape index (κ1) is 18.3. The predicted molar refractivity (Wildman–Crippen MR) is 94.6 cm³/mol. The van der Waals surface area contributed by atoms with Gasteiger partial charge in [0.05, 0.1) is 0 Å². The predicted octanol–water partition coefficient (Wildman–Crippen LogP) is 1.59. The summed E-state index contributed by atoms with van der Waals surface area (Å²) in [6.07, 6.45) is 3.97. The molecule has 3 nitrogen and oxygen atoms in total. The van der Waals surface area contributed by atoms with Crippen molar-refractivity contribution >= 4 is 11.1 Å². The first-order valence-electron chi connectivity index (χ1n) is 8.20. The molecule has 0 N–H and O–H groups in total. The first-order valence-corrected chi connectivity index (χ1v) is 8.20. The van der Waals surface area contributed by atoms with Crippen LogP contribution < -0.4 is 21.5 Å². The summed E-state index contributed by atoms with van der Waals surface area (Å²) in [4.78, 5) is 4.62. The summed E-state index contributed by atoms with van der Waals surface area (Å²) < 4.78 is 21.0. The van der Waals surface area contributed by atoms with E-state index in [2.05, 4.69) is 18.8 Å². The number of fused-ring (bicyclic) bond motifs is 1. The molecule has 0 aliphatic carbocycles. The average molecular weight is 413 g/mol. The third kappa shape index (κ3) is 3.68. The lowest BCUT2D eigenvalue weighted by atomic mass is 10.1. The smallest absolute Gasteiger partial charge is 0.233 e. The Bertz CT molecular complexity index is 1020. The highest BCUT2D eigenvalue weighted by atomic mass is 79.9. The summed E-state index contributed by atoms with van der Waals surface area (Å²) in [5.41, 5.74) is 6.00. The summed E-state index contributed by atoms with van der Waals surface area (Å²) in [6, 6.07) is 14.6. The minimum atomic E-state index is -0.223.